The van der Waals surface area contributed by atoms with Crippen molar-refractivity contribution in [2.75, 3.05) is 38.1 Å². The van der Waals surface area contributed by atoms with E-state index in [1.165, 1.54) is 4.70 Å². The van der Waals surface area contributed by atoms with E-state index >= 15 is 0 Å². The summed E-state index contributed by atoms with van der Waals surface area (Å²) in [5.74, 6) is 0.440. The summed E-state index contributed by atoms with van der Waals surface area (Å²) in [5.41, 5.74) is 6.98. The number of piperidine rings is 1. The Kier molecular flexibility index (Phi) is 9.03. The number of thiazole rings is 1. The summed E-state index contributed by atoms with van der Waals surface area (Å²) in [5, 5.41) is 7.41. The van der Waals surface area contributed by atoms with Gasteiger partial charge in [0, 0.05) is 25.7 Å². The van der Waals surface area contributed by atoms with Gasteiger partial charge in [-0.15, -0.1) is 24.0 Å². The monoisotopic (exact) mass is 518 g/mol. The average Bonchev–Trinajstić information content (AvgIpc) is 3.09. The molecular formula is C18H27IN6O2S. The molecule has 0 radical (unpaired) electrons. The van der Waals surface area contributed by atoms with Gasteiger partial charge in [-0.05, 0) is 31.9 Å². The maximum atomic E-state index is 11.7. The van der Waals surface area contributed by atoms with Crippen LogP contribution < -0.4 is 16.4 Å². The molecule has 1 aromatic carbocycles. The van der Waals surface area contributed by atoms with Gasteiger partial charge in [-0.3, -0.25) is 4.99 Å². The van der Waals surface area contributed by atoms with Crippen molar-refractivity contribution in [3.8, 4) is 0 Å². The predicted molar refractivity (Wildman–Crippen MR) is 125 cm³/mol. The van der Waals surface area contributed by atoms with E-state index in [-0.39, 0.29) is 36.1 Å². The van der Waals surface area contributed by atoms with E-state index in [2.05, 4.69) is 26.7 Å². The Hall–Kier alpha value is -1.82. The van der Waals surface area contributed by atoms with Crippen molar-refractivity contribution in [2.24, 2.45) is 10.7 Å². The van der Waals surface area contributed by atoms with Crippen molar-refractivity contribution in [3.05, 3.63) is 24.3 Å². The van der Waals surface area contributed by atoms with E-state index in [4.69, 9.17) is 10.5 Å². The van der Waals surface area contributed by atoms with Gasteiger partial charge in [-0.1, -0.05) is 23.5 Å². The van der Waals surface area contributed by atoms with E-state index in [0.29, 0.717) is 38.7 Å². The maximum Gasteiger partial charge on any atom is 0.409 e. The quantitative estimate of drug-likeness (QED) is 0.235. The largest absolute Gasteiger partial charge is 0.450 e. The number of anilines is 1. The van der Waals surface area contributed by atoms with Gasteiger partial charge < -0.3 is 26.0 Å². The number of aromatic nitrogens is 1. The molecule has 4 N–H and O–H groups in total. The summed E-state index contributed by atoms with van der Waals surface area (Å²) in [6, 6.07) is 8.30. The lowest BCUT2D eigenvalue weighted by Crippen LogP contribution is -2.48. The van der Waals surface area contributed by atoms with Crippen LogP contribution in [-0.4, -0.2) is 60.8 Å². The molecule has 1 saturated heterocycles. The number of hydrogen-bond acceptors (Lipinski definition) is 6. The number of benzene rings is 1. The maximum absolute atomic E-state index is 11.7. The molecule has 1 aliphatic rings. The minimum absolute atomic E-state index is 0. The first kappa shape index (κ1) is 22.5. The van der Waals surface area contributed by atoms with E-state index in [0.717, 1.165) is 23.5 Å². The van der Waals surface area contributed by atoms with Crippen LogP contribution in [0, 0.1) is 0 Å². The molecule has 2 aromatic rings. The molecule has 1 fully saturated rings. The van der Waals surface area contributed by atoms with Crippen LogP contribution in [0.4, 0.5) is 9.93 Å². The number of guanidine groups is 1. The van der Waals surface area contributed by atoms with Crippen molar-refractivity contribution in [2.45, 2.75) is 25.8 Å². The lowest BCUT2D eigenvalue weighted by atomic mass is 10.1. The van der Waals surface area contributed by atoms with Gasteiger partial charge in [-0.25, -0.2) is 9.78 Å². The summed E-state index contributed by atoms with van der Waals surface area (Å²) in [4.78, 5) is 22.3. The second-order valence-electron chi connectivity index (χ2n) is 6.29. The number of para-hydroxylation sites is 1. The molecule has 0 aliphatic carbocycles. The highest BCUT2D eigenvalue weighted by Crippen LogP contribution is 2.24. The number of nitrogens with one attached hydrogen (secondary N) is 2. The minimum atomic E-state index is -0.237. The molecule has 0 atom stereocenters. The highest BCUT2D eigenvalue weighted by molar-refractivity contribution is 14.0. The lowest BCUT2D eigenvalue weighted by Gasteiger charge is -2.31. The molecule has 2 heterocycles. The molecule has 1 amide bonds. The molecule has 154 valence electrons. The fraction of sp³-hybridized carbons (Fsp3) is 0.500. The number of hydrogen-bond donors (Lipinski definition) is 3. The second kappa shape index (κ2) is 11.2. The smallest absolute Gasteiger partial charge is 0.409 e. The summed E-state index contributed by atoms with van der Waals surface area (Å²) in [6.07, 6.45) is 1.43. The molecule has 28 heavy (non-hydrogen) atoms. The number of aliphatic imine (C=N–C) groups is 1. The third kappa shape index (κ3) is 6.36. The van der Waals surface area contributed by atoms with Crippen LogP contribution in [-0.2, 0) is 4.74 Å². The third-order valence-corrected chi connectivity index (χ3v) is 5.33. The normalized spacial score (nSPS) is 15.2. The van der Waals surface area contributed by atoms with Gasteiger partial charge in [0.25, 0.3) is 0 Å². The molecule has 3 rings (SSSR count). The topological polar surface area (TPSA) is 105 Å². The predicted octanol–water partition coefficient (Wildman–Crippen LogP) is 2.85. The molecule has 0 saturated carbocycles. The van der Waals surface area contributed by atoms with Crippen molar-refractivity contribution in [1.29, 1.82) is 0 Å². The van der Waals surface area contributed by atoms with Crippen molar-refractivity contribution in [3.63, 3.8) is 0 Å². The number of fused-ring (bicyclic) bond motifs is 1. The first-order valence-electron chi connectivity index (χ1n) is 9.23. The Morgan fingerprint density at radius 1 is 1.39 bits per heavy atom. The number of carbonyl (C=O) groups is 1. The molecular weight excluding hydrogens is 491 g/mol. The highest BCUT2D eigenvalue weighted by atomic mass is 127. The van der Waals surface area contributed by atoms with Crippen LogP contribution in [0.2, 0.25) is 0 Å². The van der Waals surface area contributed by atoms with E-state index < -0.39 is 0 Å². The average molecular weight is 518 g/mol. The minimum Gasteiger partial charge on any atom is -0.450 e. The van der Waals surface area contributed by atoms with Gasteiger partial charge in [-0.2, -0.15) is 0 Å². The summed E-state index contributed by atoms with van der Waals surface area (Å²) < 4.78 is 6.19. The van der Waals surface area contributed by atoms with Crippen LogP contribution in [0.1, 0.15) is 19.8 Å². The second-order valence-corrected chi connectivity index (χ2v) is 7.32. The molecule has 8 nitrogen and oxygen atoms in total. The van der Waals surface area contributed by atoms with Crippen LogP contribution in [0.5, 0.6) is 0 Å². The first-order chi connectivity index (χ1) is 13.2. The molecule has 0 unspecified atom stereocenters. The van der Waals surface area contributed by atoms with Crippen LogP contribution in [0.15, 0.2) is 29.3 Å². The van der Waals surface area contributed by atoms with E-state index in [1.807, 2.05) is 25.1 Å². The van der Waals surface area contributed by atoms with Gasteiger partial charge >= 0.3 is 6.09 Å². The number of nitrogens with zero attached hydrogens (tertiary/aromatic N) is 3. The Labute approximate surface area is 185 Å². The van der Waals surface area contributed by atoms with Crippen LogP contribution in [0.25, 0.3) is 10.2 Å². The van der Waals surface area contributed by atoms with Gasteiger partial charge in [0.05, 0.1) is 23.4 Å². The summed E-state index contributed by atoms with van der Waals surface area (Å²) in [6.45, 7) is 4.79. The third-order valence-electron chi connectivity index (χ3n) is 4.34. The van der Waals surface area contributed by atoms with Crippen molar-refractivity contribution < 1.29 is 9.53 Å². The van der Waals surface area contributed by atoms with E-state index in [9.17, 15) is 4.79 Å². The Bertz CT molecular complexity index is 758. The number of likely N-dealkylation sites (tertiary alicyclic amines) is 1. The Morgan fingerprint density at radius 3 is 2.86 bits per heavy atom. The number of carbonyl (C=O) groups excluding carboxylic acids is 1. The van der Waals surface area contributed by atoms with Crippen LogP contribution >= 0.6 is 35.3 Å². The fourth-order valence-electron chi connectivity index (χ4n) is 2.96. The van der Waals surface area contributed by atoms with Crippen LogP contribution in [0.3, 0.4) is 0 Å². The number of rotatable bonds is 6. The number of nitrogens with two attached hydrogens (primary N) is 1. The summed E-state index contributed by atoms with van der Waals surface area (Å²) >= 11 is 1.63. The van der Waals surface area contributed by atoms with Gasteiger partial charge in [0.2, 0.25) is 0 Å². The number of amides is 1. The fourth-order valence-corrected chi connectivity index (χ4v) is 3.85. The first-order valence-corrected chi connectivity index (χ1v) is 10.0. The number of ether oxygens (including phenoxy) is 1. The van der Waals surface area contributed by atoms with Crippen molar-refractivity contribution >= 4 is 62.7 Å². The zero-order valence-corrected chi connectivity index (χ0v) is 19.0. The molecule has 1 aliphatic heterocycles. The molecule has 0 spiro atoms. The Balaban J connectivity index is 0.00000280. The Morgan fingerprint density at radius 2 is 2.14 bits per heavy atom. The van der Waals surface area contributed by atoms with Gasteiger partial charge in [0.15, 0.2) is 11.1 Å². The summed E-state index contributed by atoms with van der Waals surface area (Å²) in [7, 11) is 0. The number of halogens is 1. The standard InChI is InChI=1S/C18H26N6O2S.HI/c1-2-26-18(25)24-11-7-13(8-12-24)22-16(19)20-9-10-21-17-23-14-5-3-4-6-15(14)27-17;/h3-6,13H,2,7-12H2,1H3,(H,21,23)(H3,19,20,22);1H. The molecule has 0 bridgehead atoms. The SMILES string of the molecule is CCOC(=O)N1CCC(NC(N)=NCCNc2nc3ccccc3s2)CC1.I. The zero-order chi connectivity index (χ0) is 19.1. The van der Waals surface area contributed by atoms with Crippen molar-refractivity contribution in [1.82, 2.24) is 15.2 Å². The molecule has 1 aromatic heterocycles. The van der Waals surface area contributed by atoms with E-state index in [1.54, 1.807) is 16.2 Å². The highest BCUT2D eigenvalue weighted by Gasteiger charge is 2.23. The van der Waals surface area contributed by atoms with Gasteiger partial charge in [0.1, 0.15) is 0 Å². The zero-order valence-electron chi connectivity index (χ0n) is 15.9. The lowest BCUT2D eigenvalue weighted by molar-refractivity contribution is 0.0963. The molecule has 10 heteroatoms.